The van der Waals surface area contributed by atoms with Gasteiger partial charge in [0.15, 0.2) is 0 Å². The van der Waals surface area contributed by atoms with Crippen LogP contribution in [0.25, 0.3) is 0 Å². The Kier molecular flexibility index (Phi) is 4.91. The molecule has 2 aromatic carbocycles. The Labute approximate surface area is 142 Å². The molecule has 19 heavy (non-hydrogen) atoms. The third kappa shape index (κ3) is 3.71. The molecule has 0 aliphatic heterocycles. The van der Waals surface area contributed by atoms with Crippen LogP contribution >= 0.6 is 54.5 Å². The molecule has 0 bridgehead atoms. The maximum Gasteiger partial charge on any atom is 0.263 e. The van der Waals surface area contributed by atoms with Gasteiger partial charge in [0.05, 0.1) is 5.69 Å². The fourth-order valence-electron chi connectivity index (χ4n) is 1.43. The predicted molar refractivity (Wildman–Crippen MR) is 91.8 cm³/mol. The van der Waals surface area contributed by atoms with Crippen LogP contribution in [0.4, 0.5) is 5.69 Å². The van der Waals surface area contributed by atoms with Gasteiger partial charge >= 0.3 is 0 Å². The summed E-state index contributed by atoms with van der Waals surface area (Å²) >= 11 is 8.62. The number of hydrogen-bond donors (Lipinski definition) is 1. The van der Waals surface area contributed by atoms with Crippen LogP contribution in [-0.4, -0.2) is 8.42 Å². The molecule has 0 atom stereocenters. The minimum Gasteiger partial charge on any atom is -0.279 e. The summed E-state index contributed by atoms with van der Waals surface area (Å²) in [6.07, 6.45) is 0. The number of benzene rings is 2. The van der Waals surface area contributed by atoms with Crippen molar-refractivity contribution in [2.24, 2.45) is 0 Å². The molecule has 2 rings (SSSR count). The van der Waals surface area contributed by atoms with Crippen LogP contribution in [0.1, 0.15) is 0 Å². The summed E-state index contributed by atoms with van der Waals surface area (Å²) in [7, 11) is -3.62. The van der Waals surface area contributed by atoms with Gasteiger partial charge in [-0.3, -0.25) is 4.72 Å². The zero-order chi connectivity index (χ0) is 14.0. The highest BCUT2D eigenvalue weighted by Gasteiger charge is 2.19. The highest BCUT2D eigenvalue weighted by Crippen LogP contribution is 2.28. The van der Waals surface area contributed by atoms with Gasteiger partial charge in [-0.15, -0.1) is 0 Å². The van der Waals surface area contributed by atoms with E-state index in [1.54, 1.807) is 30.3 Å². The van der Waals surface area contributed by atoms with Crippen molar-refractivity contribution in [3.63, 3.8) is 0 Å². The van der Waals surface area contributed by atoms with E-state index in [4.69, 9.17) is 0 Å². The van der Waals surface area contributed by atoms with E-state index in [0.29, 0.717) is 14.6 Å². The van der Waals surface area contributed by atoms with Gasteiger partial charge < -0.3 is 0 Å². The van der Waals surface area contributed by atoms with E-state index < -0.39 is 10.0 Å². The van der Waals surface area contributed by atoms with Gasteiger partial charge in [0, 0.05) is 12.5 Å². The summed E-state index contributed by atoms with van der Waals surface area (Å²) in [5.41, 5.74) is 0.565. The minimum atomic E-state index is -3.62. The van der Waals surface area contributed by atoms with Crippen molar-refractivity contribution in [1.29, 1.82) is 0 Å². The lowest BCUT2D eigenvalue weighted by Crippen LogP contribution is -2.14. The van der Waals surface area contributed by atoms with E-state index in [1.807, 2.05) is 12.1 Å². The molecule has 7 heteroatoms. The first-order valence-electron chi connectivity index (χ1n) is 5.12. The Morgan fingerprint density at radius 3 is 2.42 bits per heavy atom. The second kappa shape index (κ2) is 6.11. The number of nitrogens with one attached hydrogen (secondary N) is 1. The maximum atomic E-state index is 12.4. The average molecular weight is 517 g/mol. The van der Waals surface area contributed by atoms with Crippen molar-refractivity contribution >= 4 is 70.2 Å². The normalized spacial score (nSPS) is 11.3. The van der Waals surface area contributed by atoms with Crippen LogP contribution in [-0.2, 0) is 10.0 Å². The Morgan fingerprint density at radius 1 is 1.05 bits per heavy atom. The number of rotatable bonds is 3. The SMILES string of the molecule is O=S(=O)(Nc1ccccc1I)c1cc(Br)ccc1Br. The molecule has 0 unspecified atom stereocenters. The van der Waals surface area contributed by atoms with Crippen molar-refractivity contribution in [2.45, 2.75) is 4.90 Å². The molecule has 0 aromatic heterocycles. The largest absolute Gasteiger partial charge is 0.279 e. The summed E-state index contributed by atoms with van der Waals surface area (Å²) in [6.45, 7) is 0. The Morgan fingerprint density at radius 2 is 1.74 bits per heavy atom. The molecule has 0 saturated heterocycles. The quantitative estimate of drug-likeness (QED) is 0.605. The Bertz CT molecular complexity index is 719. The van der Waals surface area contributed by atoms with Gasteiger partial charge in [0.25, 0.3) is 10.0 Å². The van der Waals surface area contributed by atoms with Crippen molar-refractivity contribution < 1.29 is 8.42 Å². The first-order valence-corrected chi connectivity index (χ1v) is 9.27. The van der Waals surface area contributed by atoms with Gasteiger partial charge in [-0.1, -0.05) is 28.1 Å². The first-order chi connectivity index (χ1) is 8.90. The summed E-state index contributed by atoms with van der Waals surface area (Å²) in [6, 6.07) is 12.2. The number of sulfonamides is 1. The molecular formula is C12H8Br2INO2S. The Balaban J connectivity index is 2.44. The van der Waals surface area contributed by atoms with E-state index in [9.17, 15) is 8.42 Å². The van der Waals surface area contributed by atoms with Crippen LogP contribution in [0.3, 0.4) is 0 Å². The number of hydrogen-bond acceptors (Lipinski definition) is 2. The smallest absolute Gasteiger partial charge is 0.263 e. The molecule has 3 nitrogen and oxygen atoms in total. The molecule has 2 aromatic rings. The lowest BCUT2D eigenvalue weighted by Gasteiger charge is -2.11. The van der Waals surface area contributed by atoms with Crippen LogP contribution in [0.2, 0.25) is 0 Å². The molecule has 0 radical (unpaired) electrons. The second-order valence-corrected chi connectivity index (χ2v) is 8.24. The van der Waals surface area contributed by atoms with E-state index >= 15 is 0 Å². The maximum absolute atomic E-state index is 12.4. The van der Waals surface area contributed by atoms with Crippen LogP contribution < -0.4 is 4.72 Å². The number of halogens is 3. The van der Waals surface area contributed by atoms with Gasteiger partial charge in [0.2, 0.25) is 0 Å². The summed E-state index contributed by atoms with van der Waals surface area (Å²) in [4.78, 5) is 0.196. The van der Waals surface area contributed by atoms with Gasteiger partial charge in [-0.05, 0) is 68.9 Å². The van der Waals surface area contributed by atoms with E-state index in [-0.39, 0.29) is 4.90 Å². The topological polar surface area (TPSA) is 46.2 Å². The molecular weight excluding hydrogens is 509 g/mol. The van der Waals surface area contributed by atoms with E-state index in [0.717, 1.165) is 3.57 Å². The van der Waals surface area contributed by atoms with E-state index in [2.05, 4.69) is 59.2 Å². The fourth-order valence-corrected chi connectivity index (χ4v) is 4.71. The lowest BCUT2D eigenvalue weighted by atomic mass is 10.3. The standard InChI is InChI=1S/C12H8Br2INO2S/c13-8-5-6-9(14)12(7-8)19(17,18)16-11-4-2-1-3-10(11)15/h1-7,16H. The Hall–Kier alpha value is -0.120. The van der Waals surface area contributed by atoms with Gasteiger partial charge in [0.1, 0.15) is 4.90 Å². The van der Waals surface area contributed by atoms with Crippen LogP contribution in [0, 0.1) is 3.57 Å². The molecule has 0 saturated carbocycles. The number of para-hydroxylation sites is 1. The zero-order valence-electron chi connectivity index (χ0n) is 9.40. The lowest BCUT2D eigenvalue weighted by molar-refractivity contribution is 0.600. The molecule has 1 N–H and O–H groups in total. The molecule has 0 heterocycles. The summed E-state index contributed by atoms with van der Waals surface area (Å²) in [5.74, 6) is 0. The molecule has 0 amide bonds. The molecule has 0 spiro atoms. The van der Waals surface area contributed by atoms with Crippen molar-refractivity contribution in [3.8, 4) is 0 Å². The van der Waals surface area contributed by atoms with E-state index in [1.165, 1.54) is 0 Å². The summed E-state index contributed by atoms with van der Waals surface area (Å²) < 4.78 is 29.4. The fraction of sp³-hybridized carbons (Fsp3) is 0. The van der Waals surface area contributed by atoms with Gasteiger partial charge in [-0.25, -0.2) is 8.42 Å². The zero-order valence-corrected chi connectivity index (χ0v) is 15.5. The average Bonchev–Trinajstić information content (AvgIpc) is 2.35. The minimum absolute atomic E-state index is 0.196. The predicted octanol–water partition coefficient (Wildman–Crippen LogP) is 4.62. The highest BCUT2D eigenvalue weighted by atomic mass is 127. The second-order valence-electron chi connectivity index (χ2n) is 3.66. The van der Waals surface area contributed by atoms with Crippen LogP contribution in [0.15, 0.2) is 56.3 Å². The van der Waals surface area contributed by atoms with Crippen molar-refractivity contribution in [2.75, 3.05) is 4.72 Å². The van der Waals surface area contributed by atoms with Crippen molar-refractivity contribution in [1.82, 2.24) is 0 Å². The van der Waals surface area contributed by atoms with Crippen LogP contribution in [0.5, 0.6) is 0 Å². The number of anilines is 1. The molecule has 0 aliphatic carbocycles. The molecule has 0 aliphatic rings. The third-order valence-electron chi connectivity index (χ3n) is 2.30. The highest BCUT2D eigenvalue weighted by molar-refractivity contribution is 14.1. The van der Waals surface area contributed by atoms with Gasteiger partial charge in [-0.2, -0.15) is 0 Å². The molecule has 100 valence electrons. The first kappa shape index (κ1) is 15.3. The monoisotopic (exact) mass is 515 g/mol. The third-order valence-corrected chi connectivity index (χ3v) is 6.09. The van der Waals surface area contributed by atoms with Crippen molar-refractivity contribution in [3.05, 3.63) is 55.0 Å². The summed E-state index contributed by atoms with van der Waals surface area (Å²) in [5, 5.41) is 0. The molecule has 0 fully saturated rings.